The van der Waals surface area contributed by atoms with Gasteiger partial charge in [0.1, 0.15) is 10.6 Å². The number of nitrogens with zero attached hydrogens (tertiary/aromatic N) is 3. The van der Waals surface area contributed by atoms with E-state index in [0.29, 0.717) is 10.9 Å². The van der Waals surface area contributed by atoms with Crippen LogP contribution in [-0.4, -0.2) is 34.5 Å². The summed E-state index contributed by atoms with van der Waals surface area (Å²) in [7, 11) is 1.61. The summed E-state index contributed by atoms with van der Waals surface area (Å²) < 4.78 is 7.15. The van der Waals surface area contributed by atoms with E-state index in [1.165, 1.54) is 16.6 Å². The molecule has 0 bridgehead atoms. The van der Waals surface area contributed by atoms with Gasteiger partial charge in [-0.15, -0.1) is 11.3 Å². The molecule has 0 saturated heterocycles. The van der Waals surface area contributed by atoms with Gasteiger partial charge < -0.3 is 4.74 Å². The van der Waals surface area contributed by atoms with Crippen molar-refractivity contribution in [2.75, 3.05) is 12.9 Å². The van der Waals surface area contributed by atoms with E-state index in [0.717, 1.165) is 69.1 Å². The van der Waals surface area contributed by atoms with Crippen LogP contribution in [0.3, 0.4) is 0 Å². The smallest absolute Gasteiger partial charge is 0.267 e. The molecule has 40 heavy (non-hydrogen) atoms. The van der Waals surface area contributed by atoms with Crippen LogP contribution in [0, 0.1) is 6.92 Å². The second kappa shape index (κ2) is 11.3. The number of rotatable bonds is 7. The number of ether oxygens (including phenoxy) is 1. The fourth-order valence-electron chi connectivity index (χ4n) is 5.12. The van der Waals surface area contributed by atoms with Gasteiger partial charge in [-0.2, -0.15) is 5.10 Å². The number of aryl methyl sites for hydroxylation is 3. The van der Waals surface area contributed by atoms with E-state index >= 15 is 0 Å². The van der Waals surface area contributed by atoms with Crippen LogP contribution in [0.15, 0.2) is 75.7 Å². The minimum absolute atomic E-state index is 0.0545. The number of amides is 1. The Morgan fingerprint density at radius 1 is 1.12 bits per heavy atom. The highest BCUT2D eigenvalue weighted by atomic mass is 32.2. The van der Waals surface area contributed by atoms with Gasteiger partial charge in [0.2, 0.25) is 0 Å². The molecule has 0 saturated carbocycles. The van der Waals surface area contributed by atoms with Crippen molar-refractivity contribution in [2.45, 2.75) is 37.8 Å². The molecule has 0 aliphatic heterocycles. The molecule has 9 heteroatoms. The summed E-state index contributed by atoms with van der Waals surface area (Å²) in [5, 5.41) is 7.46. The topological polar surface area (TPSA) is 85.6 Å². The Balaban J connectivity index is 1.27. The number of carbonyl (C=O) groups is 1. The van der Waals surface area contributed by atoms with Crippen LogP contribution in [0.1, 0.15) is 34.4 Å². The molecule has 2 aromatic heterocycles. The largest absolute Gasteiger partial charge is 0.496 e. The van der Waals surface area contributed by atoms with E-state index in [2.05, 4.69) is 10.5 Å². The molecular formula is C31H28N4O3S2. The third-order valence-electron chi connectivity index (χ3n) is 7.12. The molecule has 202 valence electrons. The molecule has 0 radical (unpaired) electrons. The van der Waals surface area contributed by atoms with Gasteiger partial charge in [-0.05, 0) is 67.1 Å². The fraction of sp³-hybridized carbons (Fsp3) is 0.226. The van der Waals surface area contributed by atoms with Crippen LogP contribution in [0.2, 0.25) is 0 Å². The first kappa shape index (κ1) is 26.3. The molecule has 1 amide bonds. The van der Waals surface area contributed by atoms with Gasteiger partial charge in [-0.25, -0.2) is 10.4 Å². The van der Waals surface area contributed by atoms with Crippen molar-refractivity contribution < 1.29 is 9.53 Å². The number of thiophene rings is 1. The predicted octanol–water partition coefficient (Wildman–Crippen LogP) is 6.04. The number of carbonyl (C=O) groups excluding carboxylic acids is 1. The van der Waals surface area contributed by atoms with Crippen molar-refractivity contribution in [3.63, 3.8) is 0 Å². The van der Waals surface area contributed by atoms with E-state index in [-0.39, 0.29) is 17.2 Å². The van der Waals surface area contributed by atoms with E-state index < -0.39 is 0 Å². The zero-order valence-electron chi connectivity index (χ0n) is 22.3. The second-order valence-corrected chi connectivity index (χ2v) is 11.8. The van der Waals surface area contributed by atoms with Crippen molar-refractivity contribution >= 4 is 56.2 Å². The zero-order chi connectivity index (χ0) is 27.6. The summed E-state index contributed by atoms with van der Waals surface area (Å²) in [5.74, 6) is 0.430. The average Bonchev–Trinajstić information content (AvgIpc) is 3.35. The maximum absolute atomic E-state index is 13.9. The molecule has 1 aliphatic carbocycles. The normalized spacial score (nSPS) is 13.2. The third-order valence-corrected chi connectivity index (χ3v) is 9.24. The van der Waals surface area contributed by atoms with E-state index in [4.69, 9.17) is 9.72 Å². The van der Waals surface area contributed by atoms with Crippen LogP contribution < -0.4 is 15.7 Å². The molecule has 5 aromatic rings. The molecular weight excluding hydrogens is 541 g/mol. The molecule has 0 fully saturated rings. The highest BCUT2D eigenvalue weighted by Gasteiger charge is 2.23. The van der Waals surface area contributed by atoms with Crippen LogP contribution in [-0.2, 0) is 17.6 Å². The predicted molar refractivity (Wildman–Crippen MR) is 164 cm³/mol. The van der Waals surface area contributed by atoms with Crippen LogP contribution >= 0.6 is 23.1 Å². The summed E-state index contributed by atoms with van der Waals surface area (Å²) >= 11 is 2.84. The summed E-state index contributed by atoms with van der Waals surface area (Å²) in [6.45, 7) is 2.01. The molecule has 6 rings (SSSR count). The Hall–Kier alpha value is -3.95. The Labute approximate surface area is 239 Å². The van der Waals surface area contributed by atoms with Crippen molar-refractivity contribution in [1.29, 1.82) is 0 Å². The highest BCUT2D eigenvalue weighted by molar-refractivity contribution is 7.99. The molecule has 3 aromatic carbocycles. The van der Waals surface area contributed by atoms with E-state index in [1.807, 2.05) is 67.6 Å². The number of methoxy groups -OCH3 is 1. The molecule has 0 spiro atoms. The number of hydrogen-bond donors (Lipinski definition) is 1. The van der Waals surface area contributed by atoms with Crippen molar-refractivity contribution in [3.8, 4) is 11.4 Å². The maximum Gasteiger partial charge on any atom is 0.267 e. The zero-order valence-corrected chi connectivity index (χ0v) is 23.9. The molecule has 1 aliphatic rings. The summed E-state index contributed by atoms with van der Waals surface area (Å²) in [6, 6.07) is 19.6. The van der Waals surface area contributed by atoms with Gasteiger partial charge in [-0.3, -0.25) is 14.2 Å². The van der Waals surface area contributed by atoms with Crippen molar-refractivity contribution in [2.24, 2.45) is 5.10 Å². The lowest BCUT2D eigenvalue weighted by atomic mass is 9.97. The van der Waals surface area contributed by atoms with Gasteiger partial charge in [0, 0.05) is 10.4 Å². The highest BCUT2D eigenvalue weighted by Crippen LogP contribution is 2.35. The number of hydrazone groups is 1. The Morgan fingerprint density at radius 2 is 1.93 bits per heavy atom. The Kier molecular flexibility index (Phi) is 7.40. The standard InChI is InChI=1S/C31H28N4O3S2/c1-19-11-14-21(15-12-19)35-30(37)28-23-9-5-6-10-26(23)40-29(28)33-31(35)39-18-27(36)34-32-17-24-22-8-4-3-7-20(22)13-16-25(24)38-2/h3-4,7-8,11-17H,5-6,9-10,18H2,1-2H3,(H,34,36). The quantitative estimate of drug-likeness (QED) is 0.112. The number of thioether (sulfide) groups is 1. The van der Waals surface area contributed by atoms with Gasteiger partial charge in [-0.1, -0.05) is 59.8 Å². The first-order chi connectivity index (χ1) is 19.5. The van der Waals surface area contributed by atoms with Crippen LogP contribution in [0.4, 0.5) is 0 Å². The molecule has 0 atom stereocenters. The first-order valence-corrected chi connectivity index (χ1v) is 15.0. The first-order valence-electron chi connectivity index (χ1n) is 13.2. The number of aromatic nitrogens is 2. The number of fused-ring (bicyclic) bond motifs is 4. The summed E-state index contributed by atoms with van der Waals surface area (Å²) in [6.07, 6.45) is 5.73. The van der Waals surface area contributed by atoms with Gasteiger partial charge in [0.25, 0.3) is 11.5 Å². The fourth-order valence-corrected chi connectivity index (χ4v) is 7.23. The summed E-state index contributed by atoms with van der Waals surface area (Å²) in [5.41, 5.74) is 6.33. The molecule has 0 unspecified atom stereocenters. The summed E-state index contributed by atoms with van der Waals surface area (Å²) in [4.78, 5) is 33.6. The van der Waals surface area contributed by atoms with Crippen LogP contribution in [0.5, 0.6) is 5.75 Å². The van der Waals surface area contributed by atoms with Gasteiger partial charge >= 0.3 is 0 Å². The lowest BCUT2D eigenvalue weighted by Crippen LogP contribution is -2.24. The third kappa shape index (κ3) is 5.02. The number of hydrogen-bond acceptors (Lipinski definition) is 7. The minimum Gasteiger partial charge on any atom is -0.496 e. The molecule has 1 N–H and O–H groups in total. The number of nitrogens with one attached hydrogen (secondary N) is 1. The van der Waals surface area contributed by atoms with Gasteiger partial charge in [0.05, 0.1) is 30.2 Å². The molecule has 7 nitrogen and oxygen atoms in total. The van der Waals surface area contributed by atoms with Crippen molar-refractivity contribution in [1.82, 2.24) is 15.0 Å². The van der Waals surface area contributed by atoms with Crippen molar-refractivity contribution in [3.05, 3.63) is 92.6 Å². The number of benzene rings is 3. The second-order valence-electron chi connectivity index (χ2n) is 9.75. The Morgan fingerprint density at radius 3 is 2.75 bits per heavy atom. The van der Waals surface area contributed by atoms with Gasteiger partial charge in [0.15, 0.2) is 5.16 Å². The average molecular weight is 569 g/mol. The lowest BCUT2D eigenvalue weighted by molar-refractivity contribution is -0.118. The minimum atomic E-state index is -0.296. The van der Waals surface area contributed by atoms with E-state index in [1.54, 1.807) is 29.2 Å². The monoisotopic (exact) mass is 568 g/mol. The maximum atomic E-state index is 13.9. The lowest BCUT2D eigenvalue weighted by Gasteiger charge is -2.13. The Bertz CT molecular complexity index is 1820. The van der Waals surface area contributed by atoms with E-state index in [9.17, 15) is 9.59 Å². The SMILES string of the molecule is COc1ccc2ccccc2c1C=NNC(=O)CSc1nc2sc3c(c2c(=O)n1-c1ccc(C)cc1)CCCC3. The molecule has 2 heterocycles. The van der Waals surface area contributed by atoms with Crippen LogP contribution in [0.25, 0.3) is 26.7 Å².